The monoisotopic (exact) mass is 215 g/mol. The van der Waals surface area contributed by atoms with Crippen molar-refractivity contribution in [2.24, 2.45) is 0 Å². The highest BCUT2D eigenvalue weighted by Crippen LogP contribution is 1.97. The van der Waals surface area contributed by atoms with E-state index in [1.54, 1.807) is 0 Å². The first-order valence-corrected chi connectivity index (χ1v) is 5.68. The normalized spacial score (nSPS) is 10.9. The van der Waals surface area contributed by atoms with Crippen LogP contribution in [0.3, 0.4) is 0 Å². The highest BCUT2D eigenvalue weighted by Gasteiger charge is 2.13. The number of nitrogens with zero attached hydrogens (tertiary/aromatic N) is 2. The number of carbonyl (C=O) groups excluding carboxylic acids is 1. The van der Waals surface area contributed by atoms with Crippen LogP contribution in [0.2, 0.25) is 0 Å². The van der Waals surface area contributed by atoms with E-state index in [9.17, 15) is 4.79 Å². The molecule has 0 radical (unpaired) electrons. The third-order valence-electron chi connectivity index (χ3n) is 2.28. The predicted octanol–water partition coefficient (Wildman–Crippen LogP) is 1.38. The molecule has 0 saturated carbocycles. The molecule has 0 saturated heterocycles. The fourth-order valence-corrected chi connectivity index (χ4v) is 1.44. The Kier molecular flexibility index (Phi) is 7.13. The van der Waals surface area contributed by atoms with E-state index in [0.717, 1.165) is 26.1 Å². The number of hydrogen-bond acceptors (Lipinski definition) is 2. The van der Waals surface area contributed by atoms with E-state index in [2.05, 4.69) is 10.2 Å². The van der Waals surface area contributed by atoms with E-state index in [1.165, 1.54) is 0 Å². The van der Waals surface area contributed by atoms with Gasteiger partial charge in [-0.2, -0.15) is 0 Å². The Labute approximate surface area is 93.6 Å². The summed E-state index contributed by atoms with van der Waals surface area (Å²) in [6.45, 7) is 8.58. The van der Waals surface area contributed by atoms with Gasteiger partial charge in [-0.05, 0) is 47.8 Å². The molecule has 90 valence electrons. The van der Waals surface area contributed by atoms with Gasteiger partial charge in [-0.3, -0.25) is 0 Å². The van der Waals surface area contributed by atoms with Gasteiger partial charge in [0.1, 0.15) is 0 Å². The van der Waals surface area contributed by atoms with E-state index in [-0.39, 0.29) is 12.1 Å². The third kappa shape index (κ3) is 6.33. The zero-order valence-corrected chi connectivity index (χ0v) is 10.7. The van der Waals surface area contributed by atoms with Gasteiger partial charge in [0.05, 0.1) is 0 Å². The van der Waals surface area contributed by atoms with Gasteiger partial charge in [0.2, 0.25) is 0 Å². The quantitative estimate of drug-likeness (QED) is 0.679. The Hall–Kier alpha value is -0.770. The molecule has 1 N–H and O–H groups in total. The number of nitrogens with one attached hydrogen (secondary N) is 1. The van der Waals surface area contributed by atoms with Crippen molar-refractivity contribution in [2.75, 3.05) is 33.7 Å². The zero-order valence-electron chi connectivity index (χ0n) is 10.7. The first-order chi connectivity index (χ1) is 6.99. The van der Waals surface area contributed by atoms with Gasteiger partial charge in [0, 0.05) is 19.1 Å². The summed E-state index contributed by atoms with van der Waals surface area (Å²) < 4.78 is 0. The number of rotatable bonds is 6. The Balaban J connectivity index is 3.72. The molecular formula is C11H25N3O. The lowest BCUT2D eigenvalue weighted by Crippen LogP contribution is -2.44. The fraction of sp³-hybridized carbons (Fsp3) is 0.909. The topological polar surface area (TPSA) is 35.6 Å². The Bertz CT molecular complexity index is 181. The molecule has 15 heavy (non-hydrogen) atoms. The van der Waals surface area contributed by atoms with Crippen LogP contribution in [0.25, 0.3) is 0 Å². The van der Waals surface area contributed by atoms with Crippen molar-refractivity contribution < 1.29 is 4.79 Å². The molecule has 2 amide bonds. The molecule has 0 aliphatic heterocycles. The van der Waals surface area contributed by atoms with E-state index < -0.39 is 0 Å². The van der Waals surface area contributed by atoms with Gasteiger partial charge >= 0.3 is 6.03 Å². The summed E-state index contributed by atoms with van der Waals surface area (Å²) in [6, 6.07) is 0.315. The number of urea groups is 1. The van der Waals surface area contributed by atoms with E-state index in [0.29, 0.717) is 0 Å². The smallest absolute Gasteiger partial charge is 0.317 e. The van der Waals surface area contributed by atoms with Crippen molar-refractivity contribution in [3.63, 3.8) is 0 Å². The molecule has 0 fully saturated rings. The van der Waals surface area contributed by atoms with Crippen LogP contribution in [0.5, 0.6) is 0 Å². The van der Waals surface area contributed by atoms with Crippen molar-refractivity contribution in [3.05, 3.63) is 0 Å². The Morgan fingerprint density at radius 2 is 1.93 bits per heavy atom. The van der Waals surface area contributed by atoms with Crippen LogP contribution in [0, 0.1) is 0 Å². The van der Waals surface area contributed by atoms with Gasteiger partial charge in [0.25, 0.3) is 0 Å². The van der Waals surface area contributed by atoms with Gasteiger partial charge in [-0.25, -0.2) is 4.79 Å². The SMILES string of the molecule is CCN(C(=O)NCCCN(C)C)C(C)C. The summed E-state index contributed by atoms with van der Waals surface area (Å²) in [7, 11) is 4.07. The highest BCUT2D eigenvalue weighted by atomic mass is 16.2. The third-order valence-corrected chi connectivity index (χ3v) is 2.28. The molecular weight excluding hydrogens is 190 g/mol. The second-order valence-electron chi connectivity index (χ2n) is 4.27. The second-order valence-corrected chi connectivity index (χ2v) is 4.27. The van der Waals surface area contributed by atoms with E-state index in [1.807, 2.05) is 39.8 Å². The van der Waals surface area contributed by atoms with Crippen molar-refractivity contribution in [3.8, 4) is 0 Å². The molecule has 0 aliphatic carbocycles. The molecule has 0 bridgehead atoms. The zero-order chi connectivity index (χ0) is 11.8. The number of amides is 2. The summed E-state index contributed by atoms with van der Waals surface area (Å²) in [4.78, 5) is 15.6. The summed E-state index contributed by atoms with van der Waals surface area (Å²) >= 11 is 0. The molecule has 0 aromatic heterocycles. The summed E-state index contributed by atoms with van der Waals surface area (Å²) in [6.07, 6.45) is 0.994. The van der Waals surface area contributed by atoms with Crippen LogP contribution in [0.1, 0.15) is 27.2 Å². The fourth-order valence-electron chi connectivity index (χ4n) is 1.44. The average molecular weight is 215 g/mol. The first-order valence-electron chi connectivity index (χ1n) is 5.68. The molecule has 4 heteroatoms. The minimum atomic E-state index is 0.0475. The number of carbonyl (C=O) groups is 1. The molecule has 0 atom stereocenters. The molecule has 0 unspecified atom stereocenters. The lowest BCUT2D eigenvalue weighted by molar-refractivity contribution is 0.186. The van der Waals surface area contributed by atoms with Crippen LogP contribution in [0.4, 0.5) is 4.79 Å². The van der Waals surface area contributed by atoms with Crippen molar-refractivity contribution in [1.82, 2.24) is 15.1 Å². The lowest BCUT2D eigenvalue weighted by atomic mass is 10.3. The van der Waals surface area contributed by atoms with Gasteiger partial charge < -0.3 is 15.1 Å². The van der Waals surface area contributed by atoms with E-state index >= 15 is 0 Å². The lowest BCUT2D eigenvalue weighted by Gasteiger charge is -2.25. The van der Waals surface area contributed by atoms with Crippen LogP contribution >= 0.6 is 0 Å². The largest absolute Gasteiger partial charge is 0.338 e. The maximum Gasteiger partial charge on any atom is 0.317 e. The molecule has 0 aliphatic rings. The summed E-state index contributed by atoms with van der Waals surface area (Å²) in [5.41, 5.74) is 0. The molecule has 0 aromatic carbocycles. The molecule has 0 heterocycles. The van der Waals surface area contributed by atoms with Gasteiger partial charge in [-0.15, -0.1) is 0 Å². The molecule has 0 aromatic rings. The van der Waals surface area contributed by atoms with Crippen molar-refractivity contribution >= 4 is 6.03 Å². The van der Waals surface area contributed by atoms with Crippen molar-refractivity contribution in [2.45, 2.75) is 33.2 Å². The van der Waals surface area contributed by atoms with Crippen LogP contribution in [-0.4, -0.2) is 55.6 Å². The first kappa shape index (κ1) is 14.2. The average Bonchev–Trinajstić information content (AvgIpc) is 2.12. The second kappa shape index (κ2) is 7.51. The van der Waals surface area contributed by atoms with Crippen LogP contribution in [-0.2, 0) is 0 Å². The summed E-state index contributed by atoms with van der Waals surface area (Å²) in [5, 5.41) is 2.93. The Morgan fingerprint density at radius 1 is 1.33 bits per heavy atom. The maximum atomic E-state index is 11.7. The minimum absolute atomic E-state index is 0.0475. The maximum absolute atomic E-state index is 11.7. The van der Waals surface area contributed by atoms with Gasteiger partial charge in [0.15, 0.2) is 0 Å². The number of hydrogen-bond donors (Lipinski definition) is 1. The van der Waals surface area contributed by atoms with Crippen LogP contribution < -0.4 is 5.32 Å². The van der Waals surface area contributed by atoms with Crippen LogP contribution in [0.15, 0.2) is 0 Å². The summed E-state index contributed by atoms with van der Waals surface area (Å²) in [5.74, 6) is 0. The predicted molar refractivity (Wildman–Crippen MR) is 64.1 cm³/mol. The molecule has 0 rings (SSSR count). The molecule has 4 nitrogen and oxygen atoms in total. The molecule has 0 spiro atoms. The minimum Gasteiger partial charge on any atom is -0.338 e. The van der Waals surface area contributed by atoms with E-state index in [4.69, 9.17) is 0 Å². The van der Waals surface area contributed by atoms with Crippen molar-refractivity contribution in [1.29, 1.82) is 0 Å². The van der Waals surface area contributed by atoms with Gasteiger partial charge in [-0.1, -0.05) is 0 Å². The highest BCUT2D eigenvalue weighted by molar-refractivity contribution is 5.74. The Morgan fingerprint density at radius 3 is 2.33 bits per heavy atom. The standard InChI is InChI=1S/C11H25N3O/c1-6-14(10(2)3)11(15)12-8-7-9-13(4)5/h10H,6-9H2,1-5H3,(H,12,15).